The monoisotopic (exact) mass is 176 g/mol. The van der Waals surface area contributed by atoms with Crippen molar-refractivity contribution in [1.82, 2.24) is 0 Å². The second-order valence-corrected chi connectivity index (χ2v) is 2.83. The summed E-state index contributed by atoms with van der Waals surface area (Å²) < 4.78 is 12.7. The SMILES string of the molecule is C=C1C(=O)c2ccc(F)cc2C1=O. The Balaban J connectivity index is 2.74. The first-order valence-corrected chi connectivity index (χ1v) is 3.69. The topological polar surface area (TPSA) is 34.1 Å². The van der Waals surface area contributed by atoms with Crippen molar-refractivity contribution in [2.45, 2.75) is 0 Å². The number of carbonyl (C=O) groups excluding carboxylic acids is 2. The molecule has 0 N–H and O–H groups in total. The lowest BCUT2D eigenvalue weighted by atomic mass is 10.1. The molecule has 0 amide bonds. The lowest BCUT2D eigenvalue weighted by Gasteiger charge is -1.93. The number of benzene rings is 1. The molecular weight excluding hydrogens is 171 g/mol. The Bertz CT molecular complexity index is 446. The molecule has 0 atom stereocenters. The Hall–Kier alpha value is -1.77. The zero-order valence-electron chi connectivity index (χ0n) is 6.63. The fraction of sp³-hybridized carbons (Fsp3) is 0. The summed E-state index contributed by atoms with van der Waals surface area (Å²) in [6.07, 6.45) is 0. The number of rotatable bonds is 0. The van der Waals surface area contributed by atoms with Crippen molar-refractivity contribution in [3.8, 4) is 0 Å². The smallest absolute Gasteiger partial charge is 0.197 e. The number of halogens is 1. The standard InChI is InChI=1S/C10H5FO2/c1-5-9(12)7-3-2-6(11)4-8(7)10(5)13/h2-4H,1H2. The molecule has 0 unspecified atom stereocenters. The molecular formula is C10H5FO2. The van der Waals surface area contributed by atoms with Crippen LogP contribution < -0.4 is 0 Å². The molecule has 1 aliphatic rings. The largest absolute Gasteiger partial charge is 0.288 e. The molecule has 0 aliphatic heterocycles. The number of allylic oxidation sites excluding steroid dienone is 1. The minimum absolute atomic E-state index is 0.0828. The zero-order chi connectivity index (χ0) is 9.59. The fourth-order valence-corrected chi connectivity index (χ4v) is 1.33. The quantitative estimate of drug-likeness (QED) is 0.446. The average molecular weight is 176 g/mol. The molecule has 3 heteroatoms. The van der Waals surface area contributed by atoms with Crippen LogP contribution in [0.3, 0.4) is 0 Å². The number of fused-ring (bicyclic) bond motifs is 1. The van der Waals surface area contributed by atoms with E-state index in [-0.39, 0.29) is 16.7 Å². The third-order valence-electron chi connectivity index (χ3n) is 2.02. The molecule has 0 radical (unpaired) electrons. The molecule has 0 saturated heterocycles. The van der Waals surface area contributed by atoms with Gasteiger partial charge in [-0.25, -0.2) is 4.39 Å². The molecule has 0 fully saturated rings. The molecule has 1 aliphatic carbocycles. The van der Waals surface area contributed by atoms with Crippen molar-refractivity contribution in [2.24, 2.45) is 0 Å². The lowest BCUT2D eigenvalue weighted by Crippen LogP contribution is -1.97. The van der Waals surface area contributed by atoms with Crippen LogP contribution in [0.2, 0.25) is 0 Å². The van der Waals surface area contributed by atoms with Gasteiger partial charge in [-0.2, -0.15) is 0 Å². The molecule has 2 nitrogen and oxygen atoms in total. The lowest BCUT2D eigenvalue weighted by molar-refractivity contribution is 0.0989. The second kappa shape index (κ2) is 2.36. The van der Waals surface area contributed by atoms with Crippen LogP contribution in [-0.2, 0) is 0 Å². The van der Waals surface area contributed by atoms with Crippen LogP contribution in [0.25, 0.3) is 0 Å². The van der Waals surface area contributed by atoms with Gasteiger partial charge in [0.2, 0.25) is 0 Å². The van der Waals surface area contributed by atoms with Gasteiger partial charge in [-0.3, -0.25) is 9.59 Å². The van der Waals surface area contributed by atoms with Gasteiger partial charge in [0.25, 0.3) is 0 Å². The van der Waals surface area contributed by atoms with Gasteiger partial charge in [0.05, 0.1) is 5.57 Å². The highest BCUT2D eigenvalue weighted by atomic mass is 19.1. The number of carbonyl (C=O) groups is 2. The molecule has 0 heterocycles. The van der Waals surface area contributed by atoms with Crippen LogP contribution in [0.5, 0.6) is 0 Å². The van der Waals surface area contributed by atoms with Crippen LogP contribution >= 0.6 is 0 Å². The van der Waals surface area contributed by atoms with E-state index in [2.05, 4.69) is 6.58 Å². The second-order valence-electron chi connectivity index (χ2n) is 2.83. The van der Waals surface area contributed by atoms with E-state index in [0.29, 0.717) is 0 Å². The Labute approximate surface area is 73.7 Å². The number of hydrogen-bond donors (Lipinski definition) is 0. The average Bonchev–Trinajstić information content (AvgIpc) is 2.32. The molecule has 64 valence electrons. The van der Waals surface area contributed by atoms with E-state index in [1.807, 2.05) is 0 Å². The van der Waals surface area contributed by atoms with E-state index in [1.165, 1.54) is 6.07 Å². The van der Waals surface area contributed by atoms with Crippen LogP contribution in [0.15, 0.2) is 30.4 Å². The molecule has 13 heavy (non-hydrogen) atoms. The maximum Gasteiger partial charge on any atom is 0.197 e. The maximum absolute atomic E-state index is 12.7. The van der Waals surface area contributed by atoms with E-state index in [0.717, 1.165) is 12.1 Å². The van der Waals surface area contributed by atoms with Gasteiger partial charge in [0, 0.05) is 11.1 Å². The van der Waals surface area contributed by atoms with Crippen LogP contribution in [-0.4, -0.2) is 11.6 Å². The van der Waals surface area contributed by atoms with Gasteiger partial charge in [-0.1, -0.05) is 6.58 Å². The summed E-state index contributed by atoms with van der Waals surface area (Å²) in [5.41, 5.74) is 0.284. The third-order valence-corrected chi connectivity index (χ3v) is 2.02. The first-order chi connectivity index (χ1) is 6.11. The van der Waals surface area contributed by atoms with E-state index in [9.17, 15) is 14.0 Å². The van der Waals surface area contributed by atoms with E-state index >= 15 is 0 Å². The fourth-order valence-electron chi connectivity index (χ4n) is 1.33. The van der Waals surface area contributed by atoms with E-state index in [4.69, 9.17) is 0 Å². The third kappa shape index (κ3) is 0.935. The Morgan fingerprint density at radius 3 is 2.38 bits per heavy atom. The first-order valence-electron chi connectivity index (χ1n) is 3.69. The van der Waals surface area contributed by atoms with Crippen LogP contribution in [0, 0.1) is 5.82 Å². The molecule has 0 bridgehead atoms. The molecule has 1 aromatic rings. The zero-order valence-corrected chi connectivity index (χ0v) is 6.63. The van der Waals surface area contributed by atoms with Crippen molar-refractivity contribution in [2.75, 3.05) is 0 Å². The summed E-state index contributed by atoms with van der Waals surface area (Å²) in [6, 6.07) is 3.53. The van der Waals surface area contributed by atoms with Gasteiger partial charge >= 0.3 is 0 Å². The van der Waals surface area contributed by atoms with Gasteiger partial charge in [0.15, 0.2) is 11.6 Å². The minimum atomic E-state index is -0.519. The highest BCUT2D eigenvalue weighted by Crippen LogP contribution is 2.25. The Morgan fingerprint density at radius 1 is 1.08 bits per heavy atom. The summed E-state index contributed by atoms with van der Waals surface area (Å²) in [4.78, 5) is 22.5. The molecule has 1 aromatic carbocycles. The number of hydrogen-bond acceptors (Lipinski definition) is 2. The maximum atomic E-state index is 12.7. The van der Waals surface area contributed by atoms with Crippen molar-refractivity contribution in [3.63, 3.8) is 0 Å². The highest BCUT2D eigenvalue weighted by molar-refractivity contribution is 6.39. The van der Waals surface area contributed by atoms with Gasteiger partial charge < -0.3 is 0 Å². The summed E-state index contributed by atoms with van der Waals surface area (Å²) >= 11 is 0. The highest BCUT2D eigenvalue weighted by Gasteiger charge is 2.31. The minimum Gasteiger partial charge on any atom is -0.288 e. The summed E-state index contributed by atoms with van der Waals surface area (Å²) in [5, 5.41) is 0. The van der Waals surface area contributed by atoms with Gasteiger partial charge in [-0.15, -0.1) is 0 Å². The predicted octanol–water partition coefficient (Wildman–Crippen LogP) is 1.76. The molecule has 0 saturated carbocycles. The number of ketones is 2. The summed E-state index contributed by atoms with van der Waals surface area (Å²) in [6.45, 7) is 3.34. The summed E-state index contributed by atoms with van der Waals surface area (Å²) in [7, 11) is 0. The Morgan fingerprint density at radius 2 is 1.69 bits per heavy atom. The Kier molecular flexibility index (Phi) is 1.42. The molecule has 2 rings (SSSR count). The van der Waals surface area contributed by atoms with Gasteiger partial charge in [0.1, 0.15) is 5.82 Å². The van der Waals surface area contributed by atoms with Crippen molar-refractivity contribution < 1.29 is 14.0 Å². The van der Waals surface area contributed by atoms with E-state index < -0.39 is 17.4 Å². The van der Waals surface area contributed by atoms with E-state index in [1.54, 1.807) is 0 Å². The van der Waals surface area contributed by atoms with Crippen molar-refractivity contribution in [1.29, 1.82) is 0 Å². The van der Waals surface area contributed by atoms with Crippen LogP contribution in [0.1, 0.15) is 20.7 Å². The normalized spacial score (nSPS) is 15.0. The van der Waals surface area contributed by atoms with Crippen molar-refractivity contribution in [3.05, 3.63) is 47.3 Å². The van der Waals surface area contributed by atoms with Crippen molar-refractivity contribution >= 4 is 11.6 Å². The molecule has 0 aromatic heterocycles. The summed E-state index contributed by atoms with van der Waals surface area (Å²) in [5.74, 6) is -1.39. The van der Waals surface area contributed by atoms with Gasteiger partial charge in [-0.05, 0) is 18.2 Å². The van der Waals surface area contributed by atoms with Crippen LogP contribution in [0.4, 0.5) is 4.39 Å². The predicted molar refractivity (Wildman–Crippen MR) is 44.2 cm³/mol. The number of Topliss-reactive ketones (excluding diaryl/α,β-unsaturated/α-hetero) is 2. The molecule has 0 spiro atoms. The first kappa shape index (κ1) is 7.86.